The number of fused-ring (bicyclic) bond motifs is 1. The van der Waals surface area contributed by atoms with Crippen molar-refractivity contribution >= 4 is 69.6 Å². The van der Waals surface area contributed by atoms with Crippen molar-refractivity contribution in [2.75, 3.05) is 19.4 Å². The standard InChI is InChI=1S/C18H21ClN4O2S.2ClH/c1-10-14(7-12(20)18(24)23(2)3)26-17-13(8-15(19)22-16(10)17)21-9-11-5-4-6-25-11;;/h4-6,8,12H,7,9,20H2,1-3H3,(H,21,22);2*1H/t12-;;/m1../s1. The van der Waals surface area contributed by atoms with Gasteiger partial charge in [0.15, 0.2) is 0 Å². The van der Waals surface area contributed by atoms with Crippen molar-refractivity contribution in [2.24, 2.45) is 5.73 Å². The smallest absolute Gasteiger partial charge is 0.239 e. The van der Waals surface area contributed by atoms with Gasteiger partial charge >= 0.3 is 0 Å². The number of aromatic nitrogens is 1. The highest BCUT2D eigenvalue weighted by molar-refractivity contribution is 7.19. The molecular weight excluding hydrogens is 443 g/mol. The number of carbonyl (C=O) groups excluding carboxylic acids is 1. The number of nitrogens with one attached hydrogen (secondary N) is 1. The fourth-order valence-corrected chi connectivity index (χ4v) is 4.22. The first-order chi connectivity index (χ1) is 12.4. The molecule has 0 radical (unpaired) electrons. The Hall–Kier alpha value is -1.51. The third-order valence-corrected chi connectivity index (χ3v) is 5.67. The maximum absolute atomic E-state index is 12.1. The Balaban J connectivity index is 0.00000196. The van der Waals surface area contributed by atoms with Crippen molar-refractivity contribution in [1.29, 1.82) is 0 Å². The van der Waals surface area contributed by atoms with Crippen LogP contribution >= 0.6 is 47.8 Å². The molecule has 10 heteroatoms. The van der Waals surface area contributed by atoms with Gasteiger partial charge in [-0.25, -0.2) is 4.98 Å². The Kier molecular flexibility index (Phi) is 9.04. The van der Waals surface area contributed by atoms with Crippen LogP contribution in [0.2, 0.25) is 5.15 Å². The molecule has 0 fully saturated rings. The highest BCUT2D eigenvalue weighted by atomic mass is 35.5. The third kappa shape index (κ3) is 5.30. The molecule has 0 aliphatic rings. The number of pyridine rings is 1. The lowest BCUT2D eigenvalue weighted by molar-refractivity contribution is -0.130. The van der Waals surface area contributed by atoms with Crippen LogP contribution in [0.3, 0.4) is 0 Å². The molecule has 0 aromatic carbocycles. The molecule has 0 aliphatic carbocycles. The number of carbonyl (C=O) groups is 1. The van der Waals surface area contributed by atoms with Gasteiger partial charge in [0.1, 0.15) is 10.9 Å². The van der Waals surface area contributed by atoms with Crippen molar-refractivity contribution in [3.05, 3.63) is 45.8 Å². The molecule has 0 spiro atoms. The zero-order chi connectivity index (χ0) is 18.8. The molecule has 0 saturated carbocycles. The summed E-state index contributed by atoms with van der Waals surface area (Å²) < 4.78 is 6.36. The summed E-state index contributed by atoms with van der Waals surface area (Å²) in [5, 5.41) is 3.77. The average molecular weight is 466 g/mol. The Morgan fingerprint density at radius 2 is 2.14 bits per heavy atom. The Bertz CT molecular complexity index is 929. The Morgan fingerprint density at radius 3 is 2.75 bits per heavy atom. The van der Waals surface area contributed by atoms with Crippen LogP contribution in [0.5, 0.6) is 0 Å². The normalized spacial score (nSPS) is 11.5. The van der Waals surface area contributed by atoms with E-state index in [0.717, 1.165) is 32.1 Å². The number of likely N-dealkylation sites (N-methyl/N-ethyl adjacent to an activating group) is 1. The van der Waals surface area contributed by atoms with Crippen LogP contribution < -0.4 is 11.1 Å². The van der Waals surface area contributed by atoms with Crippen LogP contribution in [0.25, 0.3) is 10.2 Å². The number of thiophene rings is 1. The maximum Gasteiger partial charge on any atom is 0.239 e. The summed E-state index contributed by atoms with van der Waals surface area (Å²) in [6.45, 7) is 2.54. The van der Waals surface area contributed by atoms with E-state index in [2.05, 4.69) is 10.3 Å². The SMILES string of the molecule is Cc1c(C[C@@H](N)C(=O)N(C)C)sc2c(NCc3ccco3)cc(Cl)nc12.Cl.Cl. The molecular formula is C18H23Cl3N4O2S. The quantitative estimate of drug-likeness (QED) is 0.531. The second kappa shape index (κ2) is 10.3. The van der Waals surface area contributed by atoms with Crippen LogP contribution in [0.1, 0.15) is 16.2 Å². The van der Waals surface area contributed by atoms with E-state index in [0.29, 0.717) is 18.1 Å². The van der Waals surface area contributed by atoms with E-state index in [1.165, 1.54) is 4.90 Å². The summed E-state index contributed by atoms with van der Waals surface area (Å²) >= 11 is 7.80. The van der Waals surface area contributed by atoms with Crippen LogP contribution in [0.4, 0.5) is 5.69 Å². The topological polar surface area (TPSA) is 84.4 Å². The molecule has 28 heavy (non-hydrogen) atoms. The maximum atomic E-state index is 12.1. The van der Waals surface area contributed by atoms with E-state index in [4.69, 9.17) is 21.8 Å². The van der Waals surface area contributed by atoms with Gasteiger partial charge in [-0.05, 0) is 24.6 Å². The van der Waals surface area contributed by atoms with Gasteiger partial charge in [0, 0.05) is 31.5 Å². The van der Waals surface area contributed by atoms with Crippen molar-refractivity contribution in [3.63, 3.8) is 0 Å². The minimum absolute atomic E-state index is 0. The predicted molar refractivity (Wildman–Crippen MR) is 120 cm³/mol. The lowest BCUT2D eigenvalue weighted by Gasteiger charge is -2.16. The molecule has 3 aromatic heterocycles. The summed E-state index contributed by atoms with van der Waals surface area (Å²) in [4.78, 5) is 19.1. The first-order valence-electron chi connectivity index (χ1n) is 8.18. The molecule has 3 N–H and O–H groups in total. The largest absolute Gasteiger partial charge is 0.467 e. The Morgan fingerprint density at radius 1 is 1.43 bits per heavy atom. The number of amides is 1. The lowest BCUT2D eigenvalue weighted by Crippen LogP contribution is -2.41. The molecule has 0 bridgehead atoms. The van der Waals surface area contributed by atoms with E-state index in [-0.39, 0.29) is 30.7 Å². The van der Waals surface area contributed by atoms with Gasteiger partial charge < -0.3 is 20.4 Å². The van der Waals surface area contributed by atoms with Crippen molar-refractivity contribution in [3.8, 4) is 0 Å². The number of hydrogen-bond acceptors (Lipinski definition) is 6. The highest BCUT2D eigenvalue weighted by Gasteiger charge is 2.21. The second-order valence-corrected chi connectivity index (χ2v) is 7.79. The average Bonchev–Trinajstić information content (AvgIpc) is 3.21. The molecule has 3 aromatic rings. The van der Waals surface area contributed by atoms with Crippen LogP contribution in [-0.4, -0.2) is 35.9 Å². The van der Waals surface area contributed by atoms with E-state index in [1.807, 2.05) is 19.1 Å². The first kappa shape index (κ1) is 24.5. The molecule has 0 unspecified atom stereocenters. The van der Waals surface area contributed by atoms with Crippen molar-refractivity contribution < 1.29 is 9.21 Å². The van der Waals surface area contributed by atoms with E-state index in [9.17, 15) is 4.79 Å². The summed E-state index contributed by atoms with van der Waals surface area (Å²) in [5.74, 6) is 0.738. The number of halogens is 3. The summed E-state index contributed by atoms with van der Waals surface area (Å²) in [6.07, 6.45) is 2.11. The summed E-state index contributed by atoms with van der Waals surface area (Å²) in [6, 6.07) is 4.98. The van der Waals surface area contributed by atoms with Gasteiger partial charge in [-0.2, -0.15) is 0 Å². The predicted octanol–water partition coefficient (Wildman–Crippen LogP) is 4.26. The minimum atomic E-state index is -0.577. The number of hydrogen-bond donors (Lipinski definition) is 2. The molecule has 0 aliphatic heterocycles. The zero-order valence-electron chi connectivity index (χ0n) is 15.7. The van der Waals surface area contributed by atoms with Gasteiger partial charge in [-0.3, -0.25) is 4.79 Å². The highest BCUT2D eigenvalue weighted by Crippen LogP contribution is 2.37. The molecule has 3 heterocycles. The first-order valence-corrected chi connectivity index (χ1v) is 9.37. The molecule has 3 rings (SSSR count). The Labute approximate surface area is 185 Å². The fourth-order valence-electron chi connectivity index (χ4n) is 2.73. The molecule has 154 valence electrons. The molecule has 1 amide bonds. The minimum Gasteiger partial charge on any atom is -0.467 e. The monoisotopic (exact) mass is 464 g/mol. The van der Waals surface area contributed by atoms with Gasteiger partial charge in [0.05, 0.1) is 34.8 Å². The van der Waals surface area contributed by atoms with E-state index in [1.54, 1.807) is 37.8 Å². The van der Waals surface area contributed by atoms with Crippen LogP contribution in [0.15, 0.2) is 28.9 Å². The van der Waals surface area contributed by atoms with Crippen LogP contribution in [-0.2, 0) is 17.8 Å². The van der Waals surface area contributed by atoms with Crippen LogP contribution in [0, 0.1) is 6.92 Å². The number of rotatable bonds is 6. The number of aryl methyl sites for hydroxylation is 1. The summed E-state index contributed by atoms with van der Waals surface area (Å²) in [7, 11) is 3.41. The van der Waals surface area contributed by atoms with Gasteiger partial charge in [-0.15, -0.1) is 36.2 Å². The van der Waals surface area contributed by atoms with E-state index >= 15 is 0 Å². The van der Waals surface area contributed by atoms with Crippen molar-refractivity contribution in [1.82, 2.24) is 9.88 Å². The second-order valence-electron chi connectivity index (χ2n) is 6.30. The number of nitrogens with two attached hydrogens (primary N) is 1. The number of anilines is 1. The van der Waals surface area contributed by atoms with Gasteiger partial charge in [0.2, 0.25) is 5.91 Å². The van der Waals surface area contributed by atoms with Crippen molar-refractivity contribution in [2.45, 2.75) is 25.9 Å². The van der Waals surface area contributed by atoms with E-state index < -0.39 is 6.04 Å². The third-order valence-electron chi connectivity index (χ3n) is 4.14. The lowest BCUT2D eigenvalue weighted by atomic mass is 10.1. The molecule has 6 nitrogen and oxygen atoms in total. The fraction of sp³-hybridized carbons (Fsp3) is 0.333. The zero-order valence-corrected chi connectivity index (χ0v) is 18.9. The van der Waals surface area contributed by atoms with Gasteiger partial charge in [-0.1, -0.05) is 11.6 Å². The summed E-state index contributed by atoms with van der Waals surface area (Å²) in [5.41, 5.74) is 8.81. The number of nitrogens with zero attached hydrogens (tertiary/aromatic N) is 2. The molecule has 1 atom stereocenters. The number of furan rings is 1. The van der Waals surface area contributed by atoms with Gasteiger partial charge in [0.25, 0.3) is 0 Å². The molecule has 0 saturated heterocycles.